The van der Waals surface area contributed by atoms with Crippen molar-refractivity contribution >= 4 is 6.16 Å². The molecule has 0 saturated heterocycles. The predicted octanol–water partition coefficient (Wildman–Crippen LogP) is 1.99. The summed E-state index contributed by atoms with van der Waals surface area (Å²) in [6.45, 7) is 5.19. The topological polar surface area (TPSA) is 46.5 Å². The zero-order chi connectivity index (χ0) is 7.44. The number of allylic oxidation sites excluding steroid dienone is 2. The summed E-state index contributed by atoms with van der Waals surface area (Å²) in [5.74, 6) is 0.447. The monoisotopic (exact) mass is 130 g/mol. The second kappa shape index (κ2) is 3.12. The molecule has 1 N–H and O–H groups in total. The third-order valence-electron chi connectivity index (χ3n) is 0.945. The van der Waals surface area contributed by atoms with Gasteiger partial charge in [0.1, 0.15) is 5.76 Å². The average Bonchev–Trinajstić information content (AvgIpc) is 1.63. The zero-order valence-electron chi connectivity index (χ0n) is 5.76. The van der Waals surface area contributed by atoms with Gasteiger partial charge in [-0.3, -0.25) is 0 Å². The highest BCUT2D eigenvalue weighted by molar-refractivity contribution is 5.58. The summed E-state index contributed by atoms with van der Waals surface area (Å²) in [5.41, 5.74) is 0.873. The van der Waals surface area contributed by atoms with Crippen LogP contribution in [0.5, 0.6) is 0 Å². The Labute approximate surface area is 53.9 Å². The van der Waals surface area contributed by atoms with E-state index in [1.165, 1.54) is 0 Å². The largest absolute Gasteiger partial charge is 0.511 e. The van der Waals surface area contributed by atoms with Crippen LogP contribution in [0, 0.1) is 0 Å². The summed E-state index contributed by atoms with van der Waals surface area (Å²) in [6.07, 6.45) is -1.26. The van der Waals surface area contributed by atoms with Crippen molar-refractivity contribution in [3.05, 3.63) is 11.3 Å². The van der Waals surface area contributed by atoms with Crippen LogP contribution in [0.25, 0.3) is 0 Å². The molecule has 3 heteroatoms. The maximum absolute atomic E-state index is 9.86. The summed E-state index contributed by atoms with van der Waals surface area (Å²) in [6, 6.07) is 0. The van der Waals surface area contributed by atoms with E-state index in [0.29, 0.717) is 5.76 Å². The van der Waals surface area contributed by atoms with Crippen molar-refractivity contribution in [2.45, 2.75) is 20.8 Å². The molecule has 9 heavy (non-hydrogen) atoms. The number of hydrogen-bond donors (Lipinski definition) is 1. The molecule has 0 saturated carbocycles. The summed E-state index contributed by atoms with van der Waals surface area (Å²) >= 11 is 0. The highest BCUT2D eigenvalue weighted by Crippen LogP contribution is 2.02. The summed E-state index contributed by atoms with van der Waals surface area (Å²) < 4.78 is 4.31. The Bertz CT molecular complexity index is 142. The molecule has 0 aromatic carbocycles. The number of rotatable bonds is 1. The molecule has 0 aliphatic carbocycles. The van der Waals surface area contributed by atoms with E-state index in [1.807, 2.05) is 0 Å². The van der Waals surface area contributed by atoms with Gasteiger partial charge in [0.05, 0.1) is 0 Å². The summed E-state index contributed by atoms with van der Waals surface area (Å²) in [7, 11) is 0. The van der Waals surface area contributed by atoms with Gasteiger partial charge < -0.3 is 9.84 Å². The van der Waals surface area contributed by atoms with Crippen molar-refractivity contribution < 1.29 is 14.6 Å². The SMILES string of the molecule is CC(C)=C(C)OC(=O)O. The minimum Gasteiger partial charge on any atom is -0.449 e. The first kappa shape index (κ1) is 8.01. The highest BCUT2D eigenvalue weighted by Gasteiger charge is 1.98. The van der Waals surface area contributed by atoms with Crippen molar-refractivity contribution in [2.24, 2.45) is 0 Å². The molecule has 0 spiro atoms. The molecule has 0 amide bonds. The van der Waals surface area contributed by atoms with Crippen molar-refractivity contribution in [3.8, 4) is 0 Å². The smallest absolute Gasteiger partial charge is 0.449 e. The minimum atomic E-state index is -1.26. The van der Waals surface area contributed by atoms with Gasteiger partial charge in [0.15, 0.2) is 0 Å². The second-order valence-electron chi connectivity index (χ2n) is 1.92. The Morgan fingerprint density at radius 3 is 1.89 bits per heavy atom. The Kier molecular flexibility index (Phi) is 2.78. The summed E-state index contributed by atoms with van der Waals surface area (Å²) in [5, 5.41) is 8.08. The van der Waals surface area contributed by atoms with E-state index in [9.17, 15) is 4.79 Å². The van der Waals surface area contributed by atoms with E-state index >= 15 is 0 Å². The van der Waals surface area contributed by atoms with E-state index in [4.69, 9.17) is 5.11 Å². The van der Waals surface area contributed by atoms with Crippen LogP contribution in [0.3, 0.4) is 0 Å². The third kappa shape index (κ3) is 3.58. The van der Waals surface area contributed by atoms with Gasteiger partial charge in [0.2, 0.25) is 0 Å². The Hall–Kier alpha value is -0.990. The number of hydrogen-bond acceptors (Lipinski definition) is 2. The van der Waals surface area contributed by atoms with Gasteiger partial charge in [-0.25, -0.2) is 4.79 Å². The first-order valence-corrected chi connectivity index (χ1v) is 2.59. The molecule has 0 heterocycles. The second-order valence-corrected chi connectivity index (χ2v) is 1.92. The van der Waals surface area contributed by atoms with Gasteiger partial charge in [0.25, 0.3) is 0 Å². The number of carboxylic acid groups (broad SMARTS) is 1. The molecule has 0 unspecified atom stereocenters. The van der Waals surface area contributed by atoms with E-state index in [0.717, 1.165) is 5.57 Å². The fraction of sp³-hybridized carbons (Fsp3) is 0.500. The Morgan fingerprint density at radius 1 is 1.33 bits per heavy atom. The van der Waals surface area contributed by atoms with E-state index < -0.39 is 6.16 Å². The van der Waals surface area contributed by atoms with Gasteiger partial charge in [-0.15, -0.1) is 0 Å². The fourth-order valence-corrected chi connectivity index (χ4v) is 0.233. The van der Waals surface area contributed by atoms with Crippen molar-refractivity contribution in [2.75, 3.05) is 0 Å². The van der Waals surface area contributed by atoms with Gasteiger partial charge >= 0.3 is 6.16 Å². The lowest BCUT2D eigenvalue weighted by molar-refractivity contribution is 0.118. The quantitative estimate of drug-likeness (QED) is 0.436. The standard InChI is InChI=1S/C6H10O3/c1-4(2)5(3)9-6(7)8/h1-3H3,(H,7,8). The van der Waals surface area contributed by atoms with Crippen LogP contribution in [0.1, 0.15) is 20.8 Å². The van der Waals surface area contributed by atoms with Crippen LogP contribution in [0.4, 0.5) is 4.79 Å². The lowest BCUT2D eigenvalue weighted by atomic mass is 10.3. The first-order chi connectivity index (χ1) is 4.04. The molecular weight excluding hydrogens is 120 g/mol. The number of carbonyl (C=O) groups is 1. The molecule has 0 aromatic rings. The molecule has 0 rings (SSSR count). The van der Waals surface area contributed by atoms with E-state index in [1.54, 1.807) is 20.8 Å². The molecule has 0 bridgehead atoms. The van der Waals surface area contributed by atoms with Crippen LogP contribution >= 0.6 is 0 Å². The predicted molar refractivity (Wildman–Crippen MR) is 33.2 cm³/mol. The van der Waals surface area contributed by atoms with Crippen molar-refractivity contribution in [1.82, 2.24) is 0 Å². The van der Waals surface area contributed by atoms with Crippen molar-refractivity contribution in [3.63, 3.8) is 0 Å². The Balaban J connectivity index is 3.92. The van der Waals surface area contributed by atoms with E-state index in [2.05, 4.69) is 4.74 Å². The maximum Gasteiger partial charge on any atom is 0.511 e. The van der Waals surface area contributed by atoms with Crippen LogP contribution in [0.15, 0.2) is 11.3 Å². The average molecular weight is 130 g/mol. The van der Waals surface area contributed by atoms with Crippen LogP contribution in [-0.4, -0.2) is 11.3 Å². The molecule has 0 aromatic heterocycles. The maximum atomic E-state index is 9.86. The molecule has 0 fully saturated rings. The van der Waals surface area contributed by atoms with Crippen molar-refractivity contribution in [1.29, 1.82) is 0 Å². The van der Waals surface area contributed by atoms with Crippen LogP contribution in [0.2, 0.25) is 0 Å². The first-order valence-electron chi connectivity index (χ1n) is 2.59. The molecule has 0 aliphatic rings. The third-order valence-corrected chi connectivity index (χ3v) is 0.945. The minimum absolute atomic E-state index is 0.447. The molecule has 0 aliphatic heterocycles. The lowest BCUT2D eigenvalue weighted by Crippen LogP contribution is -1.98. The summed E-state index contributed by atoms with van der Waals surface area (Å²) in [4.78, 5) is 9.86. The van der Waals surface area contributed by atoms with Crippen LogP contribution in [-0.2, 0) is 4.74 Å². The van der Waals surface area contributed by atoms with Gasteiger partial charge in [0, 0.05) is 0 Å². The Morgan fingerprint density at radius 2 is 1.78 bits per heavy atom. The molecule has 52 valence electrons. The molecular formula is C6H10O3. The zero-order valence-corrected chi connectivity index (χ0v) is 5.76. The van der Waals surface area contributed by atoms with Gasteiger partial charge in [-0.05, 0) is 26.3 Å². The van der Waals surface area contributed by atoms with Gasteiger partial charge in [-0.1, -0.05) is 0 Å². The van der Waals surface area contributed by atoms with Gasteiger partial charge in [-0.2, -0.15) is 0 Å². The molecule has 3 nitrogen and oxygen atoms in total. The highest BCUT2D eigenvalue weighted by atomic mass is 16.7. The van der Waals surface area contributed by atoms with Crippen LogP contribution < -0.4 is 0 Å². The van der Waals surface area contributed by atoms with E-state index in [-0.39, 0.29) is 0 Å². The normalized spacial score (nSPS) is 8.33. The lowest BCUT2D eigenvalue weighted by Gasteiger charge is -1.99. The number of ether oxygens (including phenoxy) is 1. The fourth-order valence-electron chi connectivity index (χ4n) is 0.233. The molecule has 0 atom stereocenters. The molecule has 0 radical (unpaired) electrons.